The monoisotopic (exact) mass is 823 g/mol. The summed E-state index contributed by atoms with van der Waals surface area (Å²) < 4.78 is 12.3. The first-order valence-electron chi connectivity index (χ1n) is 20.2. The lowest BCUT2D eigenvalue weighted by Crippen LogP contribution is -2.74. The summed E-state index contributed by atoms with van der Waals surface area (Å²) >= 11 is 6.24. The number of amides is 5. The minimum atomic E-state index is -0.974. The van der Waals surface area contributed by atoms with Crippen LogP contribution in [0.3, 0.4) is 0 Å². The van der Waals surface area contributed by atoms with Crippen LogP contribution in [0, 0.1) is 22.2 Å². The highest BCUT2D eigenvalue weighted by atomic mass is 35.5. The Balaban J connectivity index is 0.803. The Morgan fingerprint density at radius 2 is 1.71 bits per heavy atom. The van der Waals surface area contributed by atoms with E-state index in [0.717, 1.165) is 62.7 Å². The summed E-state index contributed by atoms with van der Waals surface area (Å²) in [4.78, 5) is 73.7. The molecule has 1 aromatic heterocycles. The molecule has 3 aromatic rings. The molecule has 4 aliphatic rings. The van der Waals surface area contributed by atoms with Crippen LogP contribution in [0.25, 0.3) is 0 Å². The van der Waals surface area contributed by atoms with Crippen molar-refractivity contribution in [1.82, 2.24) is 25.4 Å². The Kier molecular flexibility index (Phi) is 12.0. The second-order valence-corrected chi connectivity index (χ2v) is 17.4. The molecule has 15 heteroatoms. The second-order valence-electron chi connectivity index (χ2n) is 17.0. The zero-order valence-corrected chi connectivity index (χ0v) is 34.6. The van der Waals surface area contributed by atoms with Gasteiger partial charge in [-0.3, -0.25) is 39.1 Å². The van der Waals surface area contributed by atoms with Gasteiger partial charge in [0.15, 0.2) is 0 Å². The number of pyridine rings is 1. The molecular weight excluding hydrogens is 774 g/mol. The Labute approximate surface area is 349 Å². The molecule has 0 radical (unpaired) electrons. The lowest BCUT2D eigenvalue weighted by molar-refractivity contribution is -0.164. The number of hydrogen-bond donors (Lipinski definition) is 2. The number of imide groups is 2. The molecule has 0 spiro atoms. The number of unbranched alkanes of at least 4 members (excludes halogenated alkanes) is 2. The van der Waals surface area contributed by atoms with Crippen LogP contribution in [0.5, 0.6) is 11.5 Å². The van der Waals surface area contributed by atoms with Crippen molar-refractivity contribution < 1.29 is 33.4 Å². The average molecular weight is 824 g/mol. The molecule has 1 saturated carbocycles. The molecule has 14 nitrogen and oxygen atoms in total. The summed E-state index contributed by atoms with van der Waals surface area (Å²) in [5, 5.41) is 15.0. The first-order chi connectivity index (χ1) is 28.2. The number of hydrogen-bond acceptors (Lipinski definition) is 11. The lowest BCUT2D eigenvalue weighted by Gasteiger charge is -2.63. The number of rotatable bonds is 13. The molecule has 5 amide bonds. The zero-order valence-electron chi connectivity index (χ0n) is 33.9. The highest BCUT2D eigenvalue weighted by Gasteiger charge is 2.64. The predicted octanol–water partition coefficient (Wildman–Crippen LogP) is 4.92. The van der Waals surface area contributed by atoms with Gasteiger partial charge in [0, 0.05) is 67.3 Å². The fraction of sp³-hybridized carbons (Fsp3) is 0.477. The Bertz CT molecular complexity index is 2160. The van der Waals surface area contributed by atoms with E-state index < -0.39 is 29.7 Å². The van der Waals surface area contributed by atoms with Crippen molar-refractivity contribution in [1.29, 1.82) is 5.26 Å². The molecule has 4 heterocycles. The molecular formula is C44H50ClN7O7. The van der Waals surface area contributed by atoms with Crippen molar-refractivity contribution in [2.45, 2.75) is 84.4 Å². The first kappa shape index (κ1) is 41.6. The number of benzene rings is 2. The van der Waals surface area contributed by atoms with Crippen molar-refractivity contribution in [2.75, 3.05) is 44.2 Å². The maximum absolute atomic E-state index is 13.4. The summed E-state index contributed by atoms with van der Waals surface area (Å²) in [6.07, 6.45) is 4.52. The third-order valence-electron chi connectivity index (χ3n) is 12.2. The number of fused-ring (bicyclic) bond motifs is 1. The highest BCUT2D eigenvalue weighted by molar-refractivity contribution is 6.31. The van der Waals surface area contributed by atoms with Crippen molar-refractivity contribution >= 4 is 47.0 Å². The summed E-state index contributed by atoms with van der Waals surface area (Å²) in [5.74, 6) is -0.161. The second kappa shape index (κ2) is 17.0. The molecule has 2 N–H and O–H groups in total. The maximum Gasteiger partial charge on any atom is 0.261 e. The number of carbonyl (C=O) groups excluding carboxylic acids is 5. The van der Waals surface area contributed by atoms with Gasteiger partial charge in [-0.2, -0.15) is 5.26 Å². The molecule has 310 valence electrons. The van der Waals surface area contributed by atoms with Crippen LogP contribution in [-0.2, 0) is 20.8 Å². The van der Waals surface area contributed by atoms with E-state index in [0.29, 0.717) is 45.4 Å². The van der Waals surface area contributed by atoms with Gasteiger partial charge >= 0.3 is 0 Å². The fourth-order valence-corrected chi connectivity index (χ4v) is 9.48. The quantitative estimate of drug-likeness (QED) is 0.177. The molecule has 7 rings (SSSR count). The van der Waals surface area contributed by atoms with Gasteiger partial charge in [0.25, 0.3) is 11.8 Å². The Morgan fingerprint density at radius 3 is 2.39 bits per heavy atom. The smallest absolute Gasteiger partial charge is 0.261 e. The van der Waals surface area contributed by atoms with E-state index in [1.54, 1.807) is 42.6 Å². The predicted molar refractivity (Wildman–Crippen MR) is 219 cm³/mol. The summed E-state index contributed by atoms with van der Waals surface area (Å²) in [6.45, 7) is 13.3. The minimum absolute atomic E-state index is 0.0161. The third kappa shape index (κ3) is 8.63. The van der Waals surface area contributed by atoms with Gasteiger partial charge < -0.3 is 19.7 Å². The van der Waals surface area contributed by atoms with Crippen LogP contribution in [0.15, 0.2) is 54.7 Å². The summed E-state index contributed by atoms with van der Waals surface area (Å²) in [6, 6.07) is 14.8. The van der Waals surface area contributed by atoms with Crippen molar-refractivity contribution in [3.63, 3.8) is 0 Å². The van der Waals surface area contributed by atoms with Crippen LogP contribution in [0.4, 0.5) is 5.82 Å². The van der Waals surface area contributed by atoms with Crippen LogP contribution in [0.1, 0.15) is 91.6 Å². The Hall–Kier alpha value is -5.52. The fourth-order valence-electron chi connectivity index (χ4n) is 9.27. The maximum atomic E-state index is 13.4. The van der Waals surface area contributed by atoms with E-state index in [9.17, 15) is 29.2 Å². The Morgan fingerprint density at radius 1 is 0.966 bits per heavy atom. The largest absolute Gasteiger partial charge is 0.494 e. The van der Waals surface area contributed by atoms with E-state index in [-0.39, 0.29) is 48.1 Å². The van der Waals surface area contributed by atoms with E-state index in [2.05, 4.69) is 59.2 Å². The van der Waals surface area contributed by atoms with Crippen LogP contribution in [0.2, 0.25) is 5.02 Å². The van der Waals surface area contributed by atoms with E-state index in [1.807, 2.05) is 12.1 Å². The van der Waals surface area contributed by atoms with Crippen LogP contribution >= 0.6 is 11.6 Å². The van der Waals surface area contributed by atoms with Crippen molar-refractivity contribution in [3.8, 4) is 17.6 Å². The van der Waals surface area contributed by atoms with E-state index in [4.69, 9.17) is 21.1 Å². The van der Waals surface area contributed by atoms with Gasteiger partial charge in [0.1, 0.15) is 35.5 Å². The van der Waals surface area contributed by atoms with Crippen LogP contribution < -0.4 is 25.0 Å². The van der Waals surface area contributed by atoms with Gasteiger partial charge in [-0.25, -0.2) is 4.98 Å². The number of aromatic nitrogens is 1. The summed E-state index contributed by atoms with van der Waals surface area (Å²) in [5.41, 5.74) is 1.09. The average Bonchev–Trinajstić information content (AvgIpc) is 3.21. The van der Waals surface area contributed by atoms with Gasteiger partial charge in [0.2, 0.25) is 17.7 Å². The number of ether oxygens (including phenoxy) is 2. The third-order valence-corrected chi connectivity index (χ3v) is 12.5. The van der Waals surface area contributed by atoms with Gasteiger partial charge in [-0.15, -0.1) is 0 Å². The normalized spacial score (nSPS) is 22.5. The molecule has 59 heavy (non-hydrogen) atoms. The number of nitrogens with zero attached hydrogens (tertiary/aromatic N) is 5. The molecule has 2 saturated heterocycles. The number of nitrogens with one attached hydrogen (secondary N) is 2. The van der Waals surface area contributed by atoms with E-state index in [1.165, 1.54) is 0 Å². The first-order valence-corrected chi connectivity index (χ1v) is 20.6. The minimum Gasteiger partial charge on any atom is -0.494 e. The van der Waals surface area contributed by atoms with Crippen molar-refractivity contribution in [2.24, 2.45) is 10.8 Å². The molecule has 0 unspecified atom stereocenters. The highest BCUT2D eigenvalue weighted by Crippen LogP contribution is 2.55. The number of piperidine rings is 1. The van der Waals surface area contributed by atoms with Gasteiger partial charge in [-0.1, -0.05) is 39.3 Å². The van der Waals surface area contributed by atoms with Gasteiger partial charge in [0.05, 0.1) is 29.2 Å². The van der Waals surface area contributed by atoms with Gasteiger partial charge in [-0.05, 0) is 80.3 Å². The SMILES string of the molecule is CC1(C)C(NC(=O)c2ccc(N3CCN(CCCCCOc4ccc5c(c4)CC(=O)N([C@@H]4CCC(=O)NC4=O)C5=O)CC3)nc2)C(C)(C)C1Oc1ccc(C#N)c(Cl)c1. The molecule has 1 atom stereocenters. The van der Waals surface area contributed by atoms with Crippen LogP contribution in [-0.4, -0.2) is 102 Å². The molecule has 2 aromatic carbocycles. The number of anilines is 1. The number of carbonyl (C=O) groups is 5. The molecule has 3 aliphatic heterocycles. The number of halogens is 1. The molecule has 0 bridgehead atoms. The topological polar surface area (TPSA) is 174 Å². The van der Waals surface area contributed by atoms with E-state index >= 15 is 0 Å². The zero-order chi connectivity index (χ0) is 42.1. The standard InChI is InChI=1S/C44H50ClN7O7/c1-43(2)41(44(3,4)42(43)59-31-10-8-27(25-46)33(45)24-31)49-38(55)28-9-14-35(47-26-28)51-19-17-50(18-20-51)16-6-5-7-21-58-30-11-12-32-29(22-30)23-37(54)52(40(32)57)34-13-15-36(53)48-39(34)56/h8-12,14,22,24,26,34,41-42H,5-7,13,15-21,23H2,1-4H3,(H,49,55)(H,48,53,56)/t34-,41?,42?/m1/s1. The summed E-state index contributed by atoms with van der Waals surface area (Å²) in [7, 11) is 0. The number of piperazine rings is 1. The molecule has 1 aliphatic carbocycles. The van der Waals surface area contributed by atoms with Crippen molar-refractivity contribution in [3.05, 3.63) is 82.0 Å². The number of nitriles is 1. The molecule has 3 fully saturated rings. The lowest BCUT2D eigenvalue weighted by atomic mass is 9.49.